The predicted octanol–water partition coefficient (Wildman–Crippen LogP) is 3.80. The summed E-state index contributed by atoms with van der Waals surface area (Å²) in [5.41, 5.74) is 4.53. The van der Waals surface area contributed by atoms with Gasteiger partial charge < -0.3 is 10.6 Å². The molecule has 0 aromatic carbocycles. The third kappa shape index (κ3) is 5.72. The smallest absolute Gasteiger partial charge is 0.403 e. The van der Waals surface area contributed by atoms with Gasteiger partial charge in [0.15, 0.2) is 0 Å². The predicted molar refractivity (Wildman–Crippen MR) is 139 cm³/mol. The number of nitriles is 1. The molecule has 2 aromatic rings. The molecule has 2 fully saturated rings. The summed E-state index contributed by atoms with van der Waals surface area (Å²) in [5, 5.41) is 9.88. The van der Waals surface area contributed by atoms with Crippen molar-refractivity contribution < 1.29 is 13.2 Å². The molecule has 2 aromatic heterocycles. The molecule has 12 heteroatoms. The van der Waals surface area contributed by atoms with Crippen LogP contribution in [-0.4, -0.2) is 68.9 Å². The lowest BCUT2D eigenvalue weighted by Gasteiger charge is -2.39. The third-order valence-electron chi connectivity index (χ3n) is 7.13. The largest absolute Gasteiger partial charge is 0.418 e. The molecule has 0 unspecified atom stereocenters. The van der Waals surface area contributed by atoms with Crippen LogP contribution in [0.4, 0.5) is 19.1 Å². The van der Waals surface area contributed by atoms with Crippen molar-refractivity contribution in [2.45, 2.75) is 57.8 Å². The summed E-state index contributed by atoms with van der Waals surface area (Å²) in [5.74, 6) is -0.0880. The van der Waals surface area contributed by atoms with E-state index >= 15 is 0 Å². The number of pyridine rings is 1. The second-order valence-corrected chi connectivity index (χ2v) is 9.76. The van der Waals surface area contributed by atoms with Gasteiger partial charge in [0.25, 0.3) is 11.5 Å². The molecule has 0 spiro atoms. The Kier molecular flexibility index (Phi) is 8.16. The van der Waals surface area contributed by atoms with E-state index in [1.54, 1.807) is 4.90 Å². The van der Waals surface area contributed by atoms with Crippen molar-refractivity contribution in [1.82, 2.24) is 24.3 Å². The second kappa shape index (κ2) is 11.3. The maximum absolute atomic E-state index is 14.0. The van der Waals surface area contributed by atoms with Crippen molar-refractivity contribution in [2.24, 2.45) is 10.7 Å². The van der Waals surface area contributed by atoms with Gasteiger partial charge in [-0.15, -0.1) is 0 Å². The molecular formula is C26H31F3N8O. The summed E-state index contributed by atoms with van der Waals surface area (Å²) in [6.07, 6.45) is 3.09. The highest BCUT2D eigenvalue weighted by Crippen LogP contribution is 2.33. The Labute approximate surface area is 218 Å². The minimum atomic E-state index is -4.66. The maximum atomic E-state index is 14.0. The van der Waals surface area contributed by atoms with E-state index in [0.717, 1.165) is 44.2 Å². The summed E-state index contributed by atoms with van der Waals surface area (Å²) in [7, 11) is 0. The summed E-state index contributed by atoms with van der Waals surface area (Å²) < 4.78 is 43.6. The third-order valence-corrected chi connectivity index (χ3v) is 7.13. The van der Waals surface area contributed by atoms with Crippen LogP contribution in [0, 0.1) is 11.3 Å². The number of hydrogen-bond acceptors (Lipinski definition) is 8. The number of piperazine rings is 1. The summed E-state index contributed by atoms with van der Waals surface area (Å²) in [4.78, 5) is 29.3. The highest BCUT2D eigenvalue weighted by molar-refractivity contribution is 5.79. The molecule has 1 saturated heterocycles. The summed E-state index contributed by atoms with van der Waals surface area (Å²) in [6, 6.07) is 3.56. The van der Waals surface area contributed by atoms with Crippen LogP contribution in [0.3, 0.4) is 0 Å². The van der Waals surface area contributed by atoms with E-state index in [0.29, 0.717) is 43.3 Å². The minimum absolute atomic E-state index is 0.00247. The summed E-state index contributed by atoms with van der Waals surface area (Å²) >= 11 is 0. The molecule has 202 valence electrons. The molecule has 4 rings (SSSR count). The highest BCUT2D eigenvalue weighted by atomic mass is 19.4. The fourth-order valence-corrected chi connectivity index (χ4v) is 5.10. The zero-order valence-corrected chi connectivity index (χ0v) is 21.4. The van der Waals surface area contributed by atoms with Gasteiger partial charge in [0.2, 0.25) is 0 Å². The number of nitrogens with two attached hydrogens (primary N) is 1. The fraction of sp³-hybridized carbons (Fsp3) is 0.500. The molecule has 38 heavy (non-hydrogen) atoms. The molecule has 2 N–H and O–H groups in total. The molecule has 9 nitrogen and oxygen atoms in total. The number of aliphatic imine (C=N–C) groups is 1. The van der Waals surface area contributed by atoms with Crippen molar-refractivity contribution >= 4 is 23.2 Å². The van der Waals surface area contributed by atoms with Crippen LogP contribution in [0.2, 0.25) is 0 Å². The van der Waals surface area contributed by atoms with E-state index in [2.05, 4.69) is 33.7 Å². The molecule has 0 bridgehead atoms. The van der Waals surface area contributed by atoms with Crippen LogP contribution in [0.1, 0.15) is 51.1 Å². The monoisotopic (exact) mass is 528 g/mol. The Morgan fingerprint density at radius 2 is 1.92 bits per heavy atom. The van der Waals surface area contributed by atoms with Crippen LogP contribution in [0.25, 0.3) is 11.0 Å². The molecule has 1 saturated carbocycles. The lowest BCUT2D eigenvalue weighted by molar-refractivity contribution is -0.0918. The van der Waals surface area contributed by atoms with Gasteiger partial charge in [-0.3, -0.25) is 14.3 Å². The van der Waals surface area contributed by atoms with Gasteiger partial charge in [-0.25, -0.2) is 9.98 Å². The van der Waals surface area contributed by atoms with E-state index in [1.807, 2.05) is 6.07 Å². The Morgan fingerprint density at radius 3 is 2.50 bits per heavy atom. The topological polar surface area (TPSA) is 116 Å². The minimum Gasteiger partial charge on any atom is -0.403 e. The van der Waals surface area contributed by atoms with Crippen LogP contribution < -0.4 is 11.3 Å². The number of rotatable bonds is 6. The van der Waals surface area contributed by atoms with Gasteiger partial charge in [-0.05, 0) is 38.8 Å². The summed E-state index contributed by atoms with van der Waals surface area (Å²) in [6.45, 7) is 6.21. The van der Waals surface area contributed by atoms with E-state index in [-0.39, 0.29) is 23.3 Å². The average Bonchev–Trinajstić information content (AvgIpc) is 3.42. The molecular weight excluding hydrogens is 497 g/mol. The van der Waals surface area contributed by atoms with Crippen LogP contribution in [0.15, 0.2) is 45.6 Å². The zero-order valence-electron chi connectivity index (χ0n) is 21.4. The van der Waals surface area contributed by atoms with E-state index in [1.165, 1.54) is 16.8 Å². The number of hydrogen-bond donors (Lipinski definition) is 1. The Hall–Kier alpha value is -3.72. The lowest BCUT2D eigenvalue weighted by Crippen LogP contribution is -2.49. The Morgan fingerprint density at radius 1 is 1.24 bits per heavy atom. The number of alkyl halides is 3. The molecule has 3 heterocycles. The number of fused-ring (bicyclic) bond motifs is 1. The van der Waals surface area contributed by atoms with Gasteiger partial charge in [-0.2, -0.15) is 23.4 Å². The van der Waals surface area contributed by atoms with Gasteiger partial charge in [0.1, 0.15) is 17.3 Å². The molecule has 0 amide bonds. The van der Waals surface area contributed by atoms with Gasteiger partial charge in [0.05, 0.1) is 11.3 Å². The standard InChI is InChI=1S/C26H31F3N8O/c1-17(2)35-9-11-36(12-10-35)22(15-31)21(26(27,28)29)7-8-32-25-33-16-19-13-18(14-30)24(38)37(23(19)34-25)20-5-3-4-6-20/h7-8,13,15-17,20H,3-6,9-12,31H2,1-2H3/b21-7+,22-15+,32-8-. The van der Waals surface area contributed by atoms with E-state index in [4.69, 9.17) is 5.73 Å². The highest BCUT2D eigenvalue weighted by Gasteiger charge is 2.38. The first-order valence-corrected chi connectivity index (χ1v) is 12.7. The lowest BCUT2D eigenvalue weighted by atomic mass is 10.1. The Bertz CT molecular complexity index is 1360. The molecule has 1 aliphatic heterocycles. The first-order valence-electron chi connectivity index (χ1n) is 12.7. The van der Waals surface area contributed by atoms with Crippen molar-refractivity contribution in [3.05, 3.63) is 51.7 Å². The number of nitrogens with zero attached hydrogens (tertiary/aromatic N) is 7. The van der Waals surface area contributed by atoms with Crippen molar-refractivity contribution in [3.63, 3.8) is 0 Å². The van der Waals surface area contributed by atoms with Gasteiger partial charge >= 0.3 is 6.18 Å². The Balaban J connectivity index is 1.66. The number of halogens is 3. The van der Waals surface area contributed by atoms with Crippen molar-refractivity contribution in [2.75, 3.05) is 26.2 Å². The van der Waals surface area contributed by atoms with Gasteiger partial charge in [0, 0.05) is 62.3 Å². The molecule has 1 aliphatic carbocycles. The second-order valence-electron chi connectivity index (χ2n) is 9.76. The van der Waals surface area contributed by atoms with Gasteiger partial charge in [-0.1, -0.05) is 12.8 Å². The SMILES string of the molecule is CC(C)N1CCN(C(=C/N)/C(=C\C=N/c2ncc3cc(C#N)c(=O)n(C4CCCC4)c3n2)C(F)(F)F)CC1. The number of aromatic nitrogens is 3. The first-order chi connectivity index (χ1) is 18.1. The number of allylic oxidation sites excluding steroid dienone is 2. The van der Waals surface area contributed by atoms with E-state index < -0.39 is 17.3 Å². The first kappa shape index (κ1) is 27.3. The average molecular weight is 529 g/mol. The van der Waals surface area contributed by atoms with Crippen molar-refractivity contribution in [1.29, 1.82) is 5.26 Å². The fourth-order valence-electron chi connectivity index (χ4n) is 5.10. The molecule has 0 radical (unpaired) electrons. The van der Waals surface area contributed by atoms with Crippen LogP contribution in [0.5, 0.6) is 0 Å². The normalized spacial score (nSPS) is 18.7. The van der Waals surface area contributed by atoms with E-state index in [9.17, 15) is 23.2 Å². The van der Waals surface area contributed by atoms with Crippen molar-refractivity contribution in [3.8, 4) is 6.07 Å². The zero-order chi connectivity index (χ0) is 27.4. The molecule has 2 aliphatic rings. The van der Waals surface area contributed by atoms with Crippen LogP contribution in [-0.2, 0) is 0 Å². The quantitative estimate of drug-likeness (QED) is 0.448. The molecule has 0 atom stereocenters. The van der Waals surface area contributed by atoms with Crippen LogP contribution >= 0.6 is 0 Å². The maximum Gasteiger partial charge on any atom is 0.418 e.